The molecule has 2 aromatic rings. The van der Waals surface area contributed by atoms with Crippen LogP contribution in [0.3, 0.4) is 0 Å². The number of benzene rings is 2. The molecule has 0 aliphatic carbocycles. The highest BCUT2D eigenvalue weighted by atomic mass is 79.9. The van der Waals surface area contributed by atoms with E-state index in [1.807, 2.05) is 6.07 Å². The van der Waals surface area contributed by atoms with Crippen molar-refractivity contribution in [1.29, 1.82) is 0 Å². The summed E-state index contributed by atoms with van der Waals surface area (Å²) >= 11 is 3.16. The van der Waals surface area contributed by atoms with E-state index in [4.69, 9.17) is 10.0 Å². The van der Waals surface area contributed by atoms with Crippen LogP contribution in [0.2, 0.25) is 0 Å². The van der Waals surface area contributed by atoms with E-state index < -0.39 is 7.12 Å². The van der Waals surface area contributed by atoms with Crippen LogP contribution in [-0.2, 0) is 0 Å². The zero-order valence-electron chi connectivity index (χ0n) is 12.0. The first-order valence-electron chi connectivity index (χ1n) is 6.27. The Morgan fingerprint density at radius 1 is 0.952 bits per heavy atom. The molecule has 0 aromatic heterocycles. The summed E-state index contributed by atoms with van der Waals surface area (Å²) < 4.78 is 26.5. The normalized spacial score (nSPS) is 9.90. The van der Waals surface area contributed by atoms with Crippen LogP contribution < -0.4 is 5.46 Å². The van der Waals surface area contributed by atoms with E-state index in [1.165, 1.54) is 25.1 Å². The van der Waals surface area contributed by atoms with Crippen molar-refractivity contribution >= 4 is 28.5 Å². The van der Waals surface area contributed by atoms with Crippen molar-refractivity contribution in [2.75, 3.05) is 0 Å². The van der Waals surface area contributed by atoms with Crippen molar-refractivity contribution in [2.24, 2.45) is 0 Å². The van der Waals surface area contributed by atoms with Crippen LogP contribution in [0.1, 0.15) is 16.7 Å². The van der Waals surface area contributed by atoms with Gasteiger partial charge < -0.3 is 10.0 Å². The summed E-state index contributed by atoms with van der Waals surface area (Å²) in [6, 6.07) is 8.04. The van der Waals surface area contributed by atoms with Gasteiger partial charge in [0, 0.05) is 4.47 Å². The zero-order valence-corrected chi connectivity index (χ0v) is 13.6. The first-order valence-corrected chi connectivity index (χ1v) is 7.06. The maximum atomic E-state index is 13.1. The Balaban J connectivity index is 0.000000219. The molecule has 0 bridgehead atoms. The quantitative estimate of drug-likeness (QED) is 0.771. The highest BCUT2D eigenvalue weighted by Crippen LogP contribution is 2.13. The fourth-order valence-corrected chi connectivity index (χ4v) is 2.02. The second-order valence-electron chi connectivity index (χ2n) is 4.68. The lowest BCUT2D eigenvalue weighted by Gasteiger charge is -2.06. The van der Waals surface area contributed by atoms with Crippen molar-refractivity contribution in [3.63, 3.8) is 0 Å². The minimum atomic E-state index is -1.60. The third-order valence-corrected chi connectivity index (χ3v) is 3.53. The predicted molar refractivity (Wildman–Crippen MR) is 84.5 cm³/mol. The molecule has 0 fully saturated rings. The lowest BCUT2D eigenvalue weighted by molar-refractivity contribution is 0.425. The summed E-state index contributed by atoms with van der Waals surface area (Å²) in [6.07, 6.45) is 0. The van der Waals surface area contributed by atoms with Crippen LogP contribution >= 0.6 is 15.9 Å². The molecule has 2 aromatic carbocycles. The molecule has 21 heavy (non-hydrogen) atoms. The standard InChI is InChI=1S/C8H10BFO2.C7H6BrF/c1-5-3-4-7(9(11)12)6(2)8(5)10;1-5-2-3-6(8)4-7(5)9/h3-4,11-12H,1-2H3;2-4H,1H3. The summed E-state index contributed by atoms with van der Waals surface area (Å²) in [5, 5.41) is 17.6. The molecule has 2 nitrogen and oxygen atoms in total. The van der Waals surface area contributed by atoms with Gasteiger partial charge in [0.25, 0.3) is 0 Å². The van der Waals surface area contributed by atoms with Crippen LogP contribution in [-0.4, -0.2) is 17.2 Å². The summed E-state index contributed by atoms with van der Waals surface area (Å²) in [5.74, 6) is -0.537. The van der Waals surface area contributed by atoms with E-state index >= 15 is 0 Å². The van der Waals surface area contributed by atoms with Crippen LogP contribution in [0.25, 0.3) is 0 Å². The molecule has 2 N–H and O–H groups in total. The van der Waals surface area contributed by atoms with Gasteiger partial charge in [-0.15, -0.1) is 0 Å². The Labute approximate surface area is 131 Å². The molecular weight excluding hydrogens is 341 g/mol. The Morgan fingerprint density at radius 2 is 1.52 bits per heavy atom. The average molecular weight is 357 g/mol. The predicted octanol–water partition coefficient (Wildman–Crippen LogP) is 3.02. The summed E-state index contributed by atoms with van der Waals surface area (Å²) in [4.78, 5) is 0. The Hall–Kier alpha value is -1.24. The minimum absolute atomic E-state index is 0.163. The molecule has 0 heterocycles. The second kappa shape index (κ2) is 7.68. The van der Waals surface area contributed by atoms with Gasteiger partial charge >= 0.3 is 7.12 Å². The fraction of sp³-hybridized carbons (Fsp3) is 0.200. The largest absolute Gasteiger partial charge is 0.488 e. The number of halogens is 3. The van der Waals surface area contributed by atoms with Crippen molar-refractivity contribution in [2.45, 2.75) is 20.8 Å². The molecule has 0 aliphatic heterocycles. The molecule has 2 rings (SSSR count). The van der Waals surface area contributed by atoms with Gasteiger partial charge in [-0.3, -0.25) is 0 Å². The highest BCUT2D eigenvalue weighted by Gasteiger charge is 2.16. The van der Waals surface area contributed by atoms with Crippen LogP contribution in [0, 0.1) is 32.4 Å². The average Bonchev–Trinajstić information content (AvgIpc) is 2.41. The number of hydrogen-bond donors (Lipinski definition) is 2. The van der Waals surface area contributed by atoms with Gasteiger partial charge in [0.2, 0.25) is 0 Å². The van der Waals surface area contributed by atoms with Gasteiger partial charge in [0.1, 0.15) is 11.6 Å². The monoisotopic (exact) mass is 356 g/mol. The number of aryl methyl sites for hydroxylation is 2. The molecule has 6 heteroatoms. The smallest absolute Gasteiger partial charge is 0.423 e. The van der Waals surface area contributed by atoms with Crippen molar-refractivity contribution in [3.05, 3.63) is 63.1 Å². The Morgan fingerprint density at radius 3 is 2.00 bits per heavy atom. The van der Waals surface area contributed by atoms with Gasteiger partial charge in [-0.1, -0.05) is 34.1 Å². The molecule has 0 aliphatic rings. The molecule has 0 amide bonds. The maximum absolute atomic E-state index is 13.1. The number of hydrogen-bond acceptors (Lipinski definition) is 2. The van der Waals surface area contributed by atoms with Crippen molar-refractivity contribution < 1.29 is 18.8 Å². The van der Waals surface area contributed by atoms with Crippen molar-refractivity contribution in [1.82, 2.24) is 0 Å². The molecule has 0 spiro atoms. The lowest BCUT2D eigenvalue weighted by Crippen LogP contribution is -2.32. The topological polar surface area (TPSA) is 40.5 Å². The van der Waals surface area contributed by atoms with Crippen LogP contribution in [0.4, 0.5) is 8.78 Å². The van der Waals surface area contributed by atoms with E-state index in [0.717, 1.165) is 4.47 Å². The van der Waals surface area contributed by atoms with Crippen molar-refractivity contribution in [3.8, 4) is 0 Å². The Bertz CT molecular complexity index is 633. The molecule has 0 radical (unpaired) electrons. The summed E-state index contributed by atoms with van der Waals surface area (Å²) in [7, 11) is -1.60. The van der Waals surface area contributed by atoms with Gasteiger partial charge in [-0.05, 0) is 55.1 Å². The minimum Gasteiger partial charge on any atom is -0.423 e. The van der Waals surface area contributed by atoms with E-state index in [1.54, 1.807) is 19.9 Å². The van der Waals surface area contributed by atoms with Gasteiger partial charge in [0.05, 0.1) is 0 Å². The SMILES string of the molecule is Cc1ccc(B(O)O)c(C)c1F.Cc1ccc(Br)cc1F. The number of rotatable bonds is 1. The lowest BCUT2D eigenvalue weighted by atomic mass is 9.77. The fourth-order valence-electron chi connectivity index (χ4n) is 1.68. The summed E-state index contributed by atoms with van der Waals surface area (Å²) in [5.41, 5.74) is 1.71. The third-order valence-electron chi connectivity index (χ3n) is 3.03. The van der Waals surface area contributed by atoms with Gasteiger partial charge in [-0.25, -0.2) is 8.78 Å². The van der Waals surface area contributed by atoms with E-state index in [-0.39, 0.29) is 17.1 Å². The van der Waals surface area contributed by atoms with Gasteiger partial charge in [0.15, 0.2) is 0 Å². The van der Waals surface area contributed by atoms with E-state index in [9.17, 15) is 8.78 Å². The van der Waals surface area contributed by atoms with Gasteiger partial charge in [-0.2, -0.15) is 0 Å². The molecule has 0 saturated carbocycles. The molecular formula is C15H16BBrF2O2. The Kier molecular flexibility index (Phi) is 6.52. The van der Waals surface area contributed by atoms with E-state index in [2.05, 4.69) is 15.9 Å². The molecule has 0 unspecified atom stereocenters. The summed E-state index contributed by atoms with van der Waals surface area (Å²) in [6.45, 7) is 4.90. The first-order chi connectivity index (χ1) is 9.73. The second-order valence-corrected chi connectivity index (χ2v) is 5.59. The van der Waals surface area contributed by atoms with Crippen LogP contribution in [0.15, 0.2) is 34.8 Å². The molecule has 112 valence electrons. The zero-order chi connectivity index (χ0) is 16.2. The molecule has 0 saturated heterocycles. The molecule has 0 atom stereocenters. The third kappa shape index (κ3) is 4.91. The first kappa shape index (κ1) is 17.8. The van der Waals surface area contributed by atoms with E-state index in [0.29, 0.717) is 16.7 Å². The highest BCUT2D eigenvalue weighted by molar-refractivity contribution is 9.10. The maximum Gasteiger partial charge on any atom is 0.488 e. The van der Waals surface area contributed by atoms with Crippen LogP contribution in [0.5, 0.6) is 0 Å².